The van der Waals surface area contributed by atoms with Gasteiger partial charge in [-0.15, -0.1) is 6.58 Å². The first kappa shape index (κ1) is 18.0. The van der Waals surface area contributed by atoms with Gasteiger partial charge in [-0.25, -0.2) is 4.79 Å². The van der Waals surface area contributed by atoms with Gasteiger partial charge in [0.2, 0.25) is 0 Å². The van der Waals surface area contributed by atoms with Crippen molar-refractivity contribution in [2.24, 2.45) is 0 Å². The summed E-state index contributed by atoms with van der Waals surface area (Å²) in [5.41, 5.74) is 1.52. The predicted octanol–water partition coefficient (Wildman–Crippen LogP) is 3.21. The summed E-state index contributed by atoms with van der Waals surface area (Å²) in [5, 5.41) is 12.1. The van der Waals surface area contributed by atoms with E-state index in [9.17, 15) is 4.79 Å². The number of nitriles is 1. The average molecular weight is 327 g/mol. The third-order valence-corrected chi connectivity index (χ3v) is 4.38. The molecule has 5 heteroatoms. The number of methoxy groups -OCH3 is 1. The second-order valence-electron chi connectivity index (χ2n) is 6.10. The monoisotopic (exact) mass is 327 g/mol. The largest absolute Gasteiger partial charge is 0.379 e. The van der Waals surface area contributed by atoms with Crippen LogP contribution in [0.3, 0.4) is 0 Å². The summed E-state index contributed by atoms with van der Waals surface area (Å²) in [6, 6.07) is 9.37. The molecule has 0 heterocycles. The van der Waals surface area contributed by atoms with Crippen LogP contribution >= 0.6 is 0 Å². The van der Waals surface area contributed by atoms with Crippen molar-refractivity contribution in [2.75, 3.05) is 13.7 Å². The number of nitrogens with one attached hydrogen (secondary N) is 1. The molecule has 0 aromatic heterocycles. The van der Waals surface area contributed by atoms with Crippen molar-refractivity contribution in [1.29, 1.82) is 5.26 Å². The van der Waals surface area contributed by atoms with E-state index in [0.29, 0.717) is 18.7 Å². The maximum absolute atomic E-state index is 12.7. The van der Waals surface area contributed by atoms with E-state index in [1.807, 2.05) is 18.2 Å². The van der Waals surface area contributed by atoms with E-state index in [2.05, 4.69) is 18.0 Å². The predicted molar refractivity (Wildman–Crippen MR) is 93.3 cm³/mol. The van der Waals surface area contributed by atoms with E-state index < -0.39 is 0 Å². The number of rotatable bonds is 6. The fraction of sp³-hybridized carbons (Fsp3) is 0.474. The Morgan fingerprint density at radius 2 is 2.29 bits per heavy atom. The molecule has 2 atom stereocenters. The summed E-state index contributed by atoms with van der Waals surface area (Å²) in [4.78, 5) is 14.4. The van der Waals surface area contributed by atoms with Gasteiger partial charge >= 0.3 is 6.03 Å². The van der Waals surface area contributed by atoms with Gasteiger partial charge in [0, 0.05) is 20.2 Å². The van der Waals surface area contributed by atoms with Crippen molar-refractivity contribution in [3.8, 4) is 6.07 Å². The molecule has 0 radical (unpaired) electrons. The lowest BCUT2D eigenvalue weighted by atomic mass is 9.92. The lowest BCUT2D eigenvalue weighted by molar-refractivity contribution is 0.0431. The number of urea groups is 1. The zero-order chi connectivity index (χ0) is 17.4. The van der Waals surface area contributed by atoms with Gasteiger partial charge in [0.15, 0.2) is 0 Å². The smallest absolute Gasteiger partial charge is 0.318 e. The highest BCUT2D eigenvalue weighted by Gasteiger charge is 2.27. The van der Waals surface area contributed by atoms with Gasteiger partial charge in [-0.05, 0) is 30.5 Å². The zero-order valence-electron chi connectivity index (χ0n) is 14.2. The molecule has 5 nitrogen and oxygen atoms in total. The van der Waals surface area contributed by atoms with Crippen molar-refractivity contribution >= 4 is 6.03 Å². The van der Waals surface area contributed by atoms with E-state index in [4.69, 9.17) is 10.00 Å². The molecule has 24 heavy (non-hydrogen) atoms. The van der Waals surface area contributed by atoms with Crippen LogP contribution in [-0.2, 0) is 11.3 Å². The minimum atomic E-state index is -0.119. The van der Waals surface area contributed by atoms with Gasteiger partial charge < -0.3 is 15.0 Å². The summed E-state index contributed by atoms with van der Waals surface area (Å²) in [6.45, 7) is 4.63. The van der Waals surface area contributed by atoms with Gasteiger partial charge in [-0.3, -0.25) is 0 Å². The fourth-order valence-corrected chi connectivity index (χ4v) is 3.13. The number of hydrogen-bond donors (Lipinski definition) is 1. The van der Waals surface area contributed by atoms with E-state index in [-0.39, 0.29) is 18.2 Å². The molecule has 2 amide bonds. The molecular weight excluding hydrogens is 302 g/mol. The minimum Gasteiger partial charge on any atom is -0.379 e. The van der Waals surface area contributed by atoms with Gasteiger partial charge in [-0.1, -0.05) is 31.1 Å². The topological polar surface area (TPSA) is 65.4 Å². The first-order chi connectivity index (χ1) is 11.7. The van der Waals surface area contributed by atoms with Crippen molar-refractivity contribution in [1.82, 2.24) is 10.2 Å². The van der Waals surface area contributed by atoms with Gasteiger partial charge in [-0.2, -0.15) is 5.26 Å². The Morgan fingerprint density at radius 3 is 3.00 bits per heavy atom. The van der Waals surface area contributed by atoms with Crippen LogP contribution in [-0.4, -0.2) is 36.7 Å². The van der Waals surface area contributed by atoms with E-state index in [0.717, 1.165) is 31.2 Å². The Hall–Kier alpha value is -2.32. The third kappa shape index (κ3) is 4.84. The van der Waals surface area contributed by atoms with Crippen LogP contribution in [0.15, 0.2) is 36.9 Å². The molecule has 0 unspecified atom stereocenters. The molecule has 1 fully saturated rings. The standard InChI is InChI=1S/C19H25N3O2/c1-3-11-22(14-16-8-6-7-15(12-16)13-20)19(23)21-17-9-4-5-10-18(17)24-2/h3,6-8,12,17-18H,1,4-5,9-11,14H2,2H3,(H,21,23)/t17-,18+/m1/s1. The highest BCUT2D eigenvalue weighted by molar-refractivity contribution is 5.74. The molecule has 128 valence electrons. The highest BCUT2D eigenvalue weighted by atomic mass is 16.5. The van der Waals surface area contributed by atoms with Crippen LogP contribution in [0.25, 0.3) is 0 Å². The number of hydrogen-bond acceptors (Lipinski definition) is 3. The molecule has 0 bridgehead atoms. The van der Waals surface area contributed by atoms with Crippen LogP contribution in [0.5, 0.6) is 0 Å². The van der Waals surface area contributed by atoms with Crippen LogP contribution in [0.4, 0.5) is 4.79 Å². The van der Waals surface area contributed by atoms with Gasteiger partial charge in [0.1, 0.15) is 0 Å². The average Bonchev–Trinajstić information content (AvgIpc) is 2.62. The molecule has 1 aliphatic rings. The van der Waals surface area contributed by atoms with E-state index >= 15 is 0 Å². The Morgan fingerprint density at radius 1 is 1.50 bits per heavy atom. The molecule has 0 spiro atoms. The van der Waals surface area contributed by atoms with E-state index in [1.54, 1.807) is 24.2 Å². The Balaban J connectivity index is 2.04. The molecule has 1 saturated carbocycles. The number of amides is 2. The van der Waals surface area contributed by atoms with Crippen LogP contribution < -0.4 is 5.32 Å². The summed E-state index contributed by atoms with van der Waals surface area (Å²) in [7, 11) is 1.70. The Kier molecular flexibility index (Phi) is 6.83. The highest BCUT2D eigenvalue weighted by Crippen LogP contribution is 2.21. The summed E-state index contributed by atoms with van der Waals surface area (Å²) in [5.74, 6) is 0. The van der Waals surface area contributed by atoms with Crippen LogP contribution in [0, 0.1) is 11.3 Å². The van der Waals surface area contributed by atoms with Crippen LogP contribution in [0.1, 0.15) is 36.8 Å². The molecule has 1 aromatic carbocycles. The SMILES string of the molecule is C=CCN(Cc1cccc(C#N)c1)C(=O)N[C@@H]1CCCC[C@@H]1OC. The van der Waals surface area contributed by atoms with Gasteiger partial charge in [0.25, 0.3) is 0 Å². The first-order valence-electron chi connectivity index (χ1n) is 8.36. The molecular formula is C19H25N3O2. The minimum absolute atomic E-state index is 0.0500. The second kappa shape index (κ2) is 9.09. The normalized spacial score (nSPS) is 20.0. The van der Waals surface area contributed by atoms with Crippen LogP contribution in [0.2, 0.25) is 0 Å². The lowest BCUT2D eigenvalue weighted by Gasteiger charge is -2.33. The van der Waals surface area contributed by atoms with Crippen molar-refractivity contribution in [3.63, 3.8) is 0 Å². The lowest BCUT2D eigenvalue weighted by Crippen LogP contribution is -2.50. The summed E-state index contributed by atoms with van der Waals surface area (Å²) in [6.07, 6.45) is 5.96. The van der Waals surface area contributed by atoms with Crippen molar-refractivity contribution in [2.45, 2.75) is 44.4 Å². The maximum Gasteiger partial charge on any atom is 0.318 e. The number of carbonyl (C=O) groups is 1. The Labute approximate surface area is 143 Å². The quantitative estimate of drug-likeness (QED) is 0.816. The summed E-state index contributed by atoms with van der Waals surface area (Å²) < 4.78 is 5.50. The first-order valence-corrected chi connectivity index (χ1v) is 8.36. The van der Waals surface area contributed by atoms with Crippen molar-refractivity contribution in [3.05, 3.63) is 48.0 Å². The third-order valence-electron chi connectivity index (χ3n) is 4.38. The number of nitrogens with zero attached hydrogens (tertiary/aromatic N) is 2. The second-order valence-corrected chi connectivity index (χ2v) is 6.10. The van der Waals surface area contributed by atoms with Gasteiger partial charge in [0.05, 0.1) is 23.8 Å². The fourth-order valence-electron chi connectivity index (χ4n) is 3.13. The van der Waals surface area contributed by atoms with Crippen molar-refractivity contribution < 1.29 is 9.53 Å². The number of ether oxygens (including phenoxy) is 1. The number of benzene rings is 1. The van der Waals surface area contributed by atoms with E-state index in [1.165, 1.54) is 0 Å². The summed E-state index contributed by atoms with van der Waals surface area (Å²) >= 11 is 0. The molecule has 1 N–H and O–H groups in total. The molecule has 0 saturated heterocycles. The number of carbonyl (C=O) groups excluding carboxylic acids is 1. The molecule has 1 aromatic rings. The Bertz CT molecular complexity index is 609. The molecule has 0 aliphatic heterocycles. The molecule has 1 aliphatic carbocycles. The zero-order valence-corrected chi connectivity index (χ0v) is 14.2. The maximum atomic E-state index is 12.7. The molecule has 2 rings (SSSR count).